The Labute approximate surface area is 99.8 Å². The van der Waals surface area contributed by atoms with Gasteiger partial charge in [-0.2, -0.15) is 0 Å². The number of rotatable bonds is 2. The van der Waals surface area contributed by atoms with E-state index >= 15 is 0 Å². The molecule has 2 rings (SSSR count). The van der Waals surface area contributed by atoms with Gasteiger partial charge in [0.1, 0.15) is 5.82 Å². The van der Waals surface area contributed by atoms with Crippen molar-refractivity contribution in [2.75, 3.05) is 31.6 Å². The predicted octanol–water partition coefficient (Wildman–Crippen LogP) is 0.431. The number of piperazine rings is 1. The topological polar surface area (TPSA) is 49.6 Å². The number of anilines is 1. The molecule has 4 nitrogen and oxygen atoms in total. The first-order chi connectivity index (χ1) is 8.13. The molecule has 0 aliphatic carbocycles. The van der Waals surface area contributed by atoms with E-state index in [1.165, 1.54) is 11.0 Å². The summed E-state index contributed by atoms with van der Waals surface area (Å²) < 4.78 is 13.6. The average molecular weight is 237 g/mol. The Morgan fingerprint density at radius 2 is 2.18 bits per heavy atom. The third kappa shape index (κ3) is 2.30. The summed E-state index contributed by atoms with van der Waals surface area (Å²) in [5.41, 5.74) is 5.98. The van der Waals surface area contributed by atoms with Gasteiger partial charge >= 0.3 is 0 Å². The molecule has 1 saturated heterocycles. The number of hydrogen-bond acceptors (Lipinski definition) is 3. The van der Waals surface area contributed by atoms with Crippen molar-refractivity contribution in [2.24, 2.45) is 5.73 Å². The fourth-order valence-corrected chi connectivity index (χ4v) is 2.04. The maximum atomic E-state index is 13.6. The fourth-order valence-electron chi connectivity index (χ4n) is 2.04. The lowest BCUT2D eigenvalue weighted by Gasteiger charge is -2.38. The Kier molecular flexibility index (Phi) is 3.40. The van der Waals surface area contributed by atoms with Crippen molar-refractivity contribution < 1.29 is 9.18 Å². The molecule has 17 heavy (non-hydrogen) atoms. The zero-order chi connectivity index (χ0) is 12.4. The van der Waals surface area contributed by atoms with E-state index in [2.05, 4.69) is 0 Å². The maximum Gasteiger partial charge on any atom is 0.241 e. The molecule has 0 saturated carbocycles. The summed E-state index contributed by atoms with van der Waals surface area (Å²) in [6, 6.07) is 6.39. The molecule has 0 aromatic heterocycles. The molecular weight excluding hydrogens is 221 g/mol. The van der Waals surface area contributed by atoms with E-state index in [1.807, 2.05) is 11.9 Å². The second kappa shape index (κ2) is 4.81. The van der Waals surface area contributed by atoms with E-state index in [4.69, 9.17) is 5.73 Å². The normalized spacial score (nSPS) is 21.9. The van der Waals surface area contributed by atoms with E-state index in [0.29, 0.717) is 18.8 Å². The SMILES string of the molecule is CN1CC(=O)N(c2ccccc2F)CC1CN. The number of halogens is 1. The van der Waals surface area contributed by atoms with Crippen molar-refractivity contribution in [3.05, 3.63) is 30.1 Å². The van der Waals surface area contributed by atoms with E-state index in [-0.39, 0.29) is 24.3 Å². The zero-order valence-electron chi connectivity index (χ0n) is 9.77. The summed E-state index contributed by atoms with van der Waals surface area (Å²) in [6.07, 6.45) is 0. The highest BCUT2D eigenvalue weighted by molar-refractivity contribution is 5.95. The Morgan fingerprint density at radius 1 is 1.47 bits per heavy atom. The predicted molar refractivity (Wildman–Crippen MR) is 64.2 cm³/mol. The monoisotopic (exact) mass is 237 g/mol. The first kappa shape index (κ1) is 12.0. The first-order valence-electron chi connectivity index (χ1n) is 5.58. The molecule has 1 aliphatic heterocycles. The van der Waals surface area contributed by atoms with Crippen molar-refractivity contribution in [1.82, 2.24) is 4.90 Å². The molecule has 0 radical (unpaired) electrons. The van der Waals surface area contributed by atoms with Crippen LogP contribution in [0.1, 0.15) is 0 Å². The molecule has 5 heteroatoms. The van der Waals surface area contributed by atoms with Crippen molar-refractivity contribution >= 4 is 11.6 Å². The zero-order valence-corrected chi connectivity index (χ0v) is 9.77. The van der Waals surface area contributed by atoms with Gasteiger partial charge in [-0.05, 0) is 19.2 Å². The van der Waals surface area contributed by atoms with Crippen LogP contribution in [0.3, 0.4) is 0 Å². The second-order valence-electron chi connectivity index (χ2n) is 4.26. The molecule has 1 unspecified atom stereocenters. The van der Waals surface area contributed by atoms with Gasteiger partial charge in [0.15, 0.2) is 0 Å². The third-order valence-electron chi connectivity index (χ3n) is 3.12. The lowest BCUT2D eigenvalue weighted by Crippen LogP contribution is -2.57. The number of carbonyl (C=O) groups excluding carboxylic acids is 1. The summed E-state index contributed by atoms with van der Waals surface area (Å²) >= 11 is 0. The summed E-state index contributed by atoms with van der Waals surface area (Å²) in [4.78, 5) is 15.3. The second-order valence-corrected chi connectivity index (χ2v) is 4.26. The van der Waals surface area contributed by atoms with Crippen molar-refractivity contribution in [1.29, 1.82) is 0 Å². The average Bonchev–Trinajstić information content (AvgIpc) is 2.31. The molecule has 1 atom stereocenters. The van der Waals surface area contributed by atoms with Crippen LogP contribution in [0.4, 0.5) is 10.1 Å². The van der Waals surface area contributed by atoms with E-state index in [9.17, 15) is 9.18 Å². The molecule has 1 heterocycles. The molecule has 0 spiro atoms. The quantitative estimate of drug-likeness (QED) is 0.811. The largest absolute Gasteiger partial charge is 0.329 e. The van der Waals surface area contributed by atoms with Crippen LogP contribution in [0, 0.1) is 5.82 Å². The number of hydrogen-bond donors (Lipinski definition) is 1. The van der Waals surface area contributed by atoms with Gasteiger partial charge in [-0.15, -0.1) is 0 Å². The molecule has 1 aliphatic rings. The van der Waals surface area contributed by atoms with Crippen molar-refractivity contribution in [2.45, 2.75) is 6.04 Å². The van der Waals surface area contributed by atoms with Gasteiger partial charge in [-0.3, -0.25) is 9.69 Å². The van der Waals surface area contributed by atoms with E-state index in [0.717, 1.165) is 0 Å². The minimum atomic E-state index is -0.374. The molecule has 2 N–H and O–H groups in total. The summed E-state index contributed by atoms with van der Waals surface area (Å²) in [6.45, 7) is 1.16. The molecule has 1 amide bonds. The number of benzene rings is 1. The minimum Gasteiger partial charge on any atom is -0.329 e. The highest BCUT2D eigenvalue weighted by Crippen LogP contribution is 2.22. The standard InChI is InChI=1S/C12H16FN3O/c1-15-8-12(17)16(7-9(15)6-14)11-5-3-2-4-10(11)13/h2-5,9H,6-8,14H2,1H3. The number of nitrogens with two attached hydrogens (primary N) is 1. The molecule has 1 aromatic carbocycles. The van der Waals surface area contributed by atoms with Gasteiger partial charge in [0.25, 0.3) is 0 Å². The molecule has 0 bridgehead atoms. The number of likely N-dealkylation sites (N-methyl/N-ethyl adjacent to an activating group) is 1. The Bertz CT molecular complexity index is 424. The fraction of sp³-hybridized carbons (Fsp3) is 0.417. The molecule has 92 valence electrons. The third-order valence-corrected chi connectivity index (χ3v) is 3.12. The van der Waals surface area contributed by atoms with Gasteiger partial charge in [-0.1, -0.05) is 12.1 Å². The van der Waals surface area contributed by atoms with E-state index < -0.39 is 0 Å². The number of carbonyl (C=O) groups is 1. The van der Waals surface area contributed by atoms with Gasteiger partial charge < -0.3 is 10.6 Å². The Morgan fingerprint density at radius 3 is 2.82 bits per heavy atom. The van der Waals surface area contributed by atoms with Crippen LogP contribution in [0.25, 0.3) is 0 Å². The van der Waals surface area contributed by atoms with Crippen LogP contribution in [-0.4, -0.2) is 43.5 Å². The number of para-hydroxylation sites is 1. The number of nitrogens with zero attached hydrogens (tertiary/aromatic N) is 2. The van der Waals surface area contributed by atoms with Gasteiger partial charge in [0.2, 0.25) is 5.91 Å². The first-order valence-corrected chi connectivity index (χ1v) is 5.58. The minimum absolute atomic E-state index is 0.0762. The van der Waals surface area contributed by atoms with Crippen LogP contribution >= 0.6 is 0 Å². The molecule has 1 aromatic rings. The van der Waals surface area contributed by atoms with Gasteiger partial charge in [-0.25, -0.2) is 4.39 Å². The van der Waals surface area contributed by atoms with Crippen LogP contribution in [0.5, 0.6) is 0 Å². The summed E-state index contributed by atoms with van der Waals surface area (Å²) in [5, 5.41) is 0. The lowest BCUT2D eigenvalue weighted by atomic mass is 10.1. The van der Waals surface area contributed by atoms with Crippen molar-refractivity contribution in [3.63, 3.8) is 0 Å². The van der Waals surface area contributed by atoms with Crippen LogP contribution in [-0.2, 0) is 4.79 Å². The van der Waals surface area contributed by atoms with Crippen molar-refractivity contribution in [3.8, 4) is 0 Å². The Balaban J connectivity index is 2.26. The number of amides is 1. The van der Waals surface area contributed by atoms with Crippen LogP contribution < -0.4 is 10.6 Å². The summed E-state index contributed by atoms with van der Waals surface area (Å²) in [5.74, 6) is -0.469. The molecule has 1 fully saturated rings. The lowest BCUT2D eigenvalue weighted by molar-refractivity contribution is -0.121. The highest BCUT2D eigenvalue weighted by atomic mass is 19.1. The van der Waals surface area contributed by atoms with Crippen LogP contribution in [0.2, 0.25) is 0 Å². The summed E-state index contributed by atoms with van der Waals surface area (Å²) in [7, 11) is 1.86. The van der Waals surface area contributed by atoms with Gasteiger partial charge in [0.05, 0.1) is 12.2 Å². The Hall–Kier alpha value is -1.46. The van der Waals surface area contributed by atoms with E-state index in [1.54, 1.807) is 18.2 Å². The smallest absolute Gasteiger partial charge is 0.241 e. The van der Waals surface area contributed by atoms with Gasteiger partial charge in [0, 0.05) is 19.1 Å². The van der Waals surface area contributed by atoms with Crippen LogP contribution in [0.15, 0.2) is 24.3 Å². The highest BCUT2D eigenvalue weighted by Gasteiger charge is 2.30. The molecular formula is C12H16FN3O. The maximum absolute atomic E-state index is 13.6.